The first kappa shape index (κ1) is 10.8. The molecule has 0 heterocycles. The molecule has 0 N–H and O–H groups in total. The molecule has 0 fully saturated rings. The summed E-state index contributed by atoms with van der Waals surface area (Å²) in [6.45, 7) is 5.44. The van der Waals surface area contributed by atoms with Crippen LogP contribution in [-0.2, 0) is 9.05 Å². The van der Waals surface area contributed by atoms with Crippen LogP contribution >= 0.6 is 10.7 Å². The van der Waals surface area contributed by atoms with E-state index in [9.17, 15) is 8.42 Å². The first-order chi connectivity index (χ1) is 5.74. The third kappa shape index (κ3) is 2.15. The Morgan fingerprint density at radius 3 is 2.38 bits per heavy atom. The van der Waals surface area contributed by atoms with E-state index in [4.69, 9.17) is 10.7 Å². The van der Waals surface area contributed by atoms with Gasteiger partial charge in [-0.1, -0.05) is 23.3 Å². The van der Waals surface area contributed by atoms with Gasteiger partial charge in [0, 0.05) is 10.7 Å². The van der Waals surface area contributed by atoms with Gasteiger partial charge in [0.2, 0.25) is 9.05 Å². The van der Waals surface area contributed by atoms with Crippen molar-refractivity contribution in [3.05, 3.63) is 23.3 Å². The molecule has 1 rings (SSSR count). The summed E-state index contributed by atoms with van der Waals surface area (Å²) in [5.74, 6) is 0. The zero-order valence-corrected chi connectivity index (χ0v) is 9.54. The van der Waals surface area contributed by atoms with Gasteiger partial charge in [-0.05, 0) is 27.2 Å². The lowest BCUT2D eigenvalue weighted by Gasteiger charge is -2.26. The summed E-state index contributed by atoms with van der Waals surface area (Å²) in [5, 5.41) is 0. The molecule has 0 spiro atoms. The standard InChI is InChI=1S/C9H13ClO2S/c1-7-4-8(2)6-9(3,5-7)13(10,11)12/h4-5H,6H2,1-3H3. The van der Waals surface area contributed by atoms with Crippen molar-refractivity contribution in [1.82, 2.24) is 0 Å². The highest BCUT2D eigenvalue weighted by Gasteiger charge is 2.37. The molecule has 0 aromatic carbocycles. The van der Waals surface area contributed by atoms with E-state index in [0.717, 1.165) is 11.1 Å². The fraction of sp³-hybridized carbons (Fsp3) is 0.556. The Bertz CT molecular complexity index is 378. The highest BCUT2D eigenvalue weighted by atomic mass is 35.7. The fourth-order valence-corrected chi connectivity index (χ4v) is 2.75. The molecule has 0 bridgehead atoms. The van der Waals surface area contributed by atoms with E-state index in [1.807, 2.05) is 19.9 Å². The molecule has 2 nitrogen and oxygen atoms in total. The molecule has 1 atom stereocenters. The fourth-order valence-electron chi connectivity index (χ4n) is 1.72. The van der Waals surface area contributed by atoms with Gasteiger partial charge >= 0.3 is 0 Å². The van der Waals surface area contributed by atoms with Gasteiger partial charge in [0.25, 0.3) is 0 Å². The highest BCUT2D eigenvalue weighted by Crippen LogP contribution is 2.34. The predicted molar refractivity (Wildman–Crippen MR) is 55.3 cm³/mol. The van der Waals surface area contributed by atoms with Gasteiger partial charge in [-0.25, -0.2) is 8.42 Å². The Hall–Kier alpha value is -0.280. The van der Waals surface area contributed by atoms with E-state index in [1.165, 1.54) is 0 Å². The highest BCUT2D eigenvalue weighted by molar-refractivity contribution is 8.15. The molecule has 0 amide bonds. The maximum Gasteiger partial charge on any atom is 0.241 e. The van der Waals surface area contributed by atoms with Gasteiger partial charge in [0.15, 0.2) is 0 Å². The molecule has 13 heavy (non-hydrogen) atoms. The van der Waals surface area contributed by atoms with Crippen molar-refractivity contribution in [2.45, 2.75) is 31.9 Å². The molecular weight excluding hydrogens is 208 g/mol. The van der Waals surface area contributed by atoms with Gasteiger partial charge in [-0.2, -0.15) is 0 Å². The van der Waals surface area contributed by atoms with Crippen molar-refractivity contribution >= 4 is 19.7 Å². The minimum Gasteiger partial charge on any atom is -0.211 e. The van der Waals surface area contributed by atoms with E-state index in [0.29, 0.717) is 6.42 Å². The van der Waals surface area contributed by atoms with E-state index < -0.39 is 13.8 Å². The van der Waals surface area contributed by atoms with Crippen LogP contribution in [0.3, 0.4) is 0 Å². The number of hydrogen-bond acceptors (Lipinski definition) is 2. The summed E-state index contributed by atoms with van der Waals surface area (Å²) < 4.78 is 21.7. The van der Waals surface area contributed by atoms with Crippen molar-refractivity contribution in [2.75, 3.05) is 0 Å². The normalized spacial score (nSPS) is 29.5. The van der Waals surface area contributed by atoms with Crippen LogP contribution in [0.4, 0.5) is 0 Å². The quantitative estimate of drug-likeness (QED) is 0.637. The maximum absolute atomic E-state index is 11.3. The van der Waals surface area contributed by atoms with Crippen LogP contribution in [0.15, 0.2) is 23.3 Å². The molecule has 0 aromatic rings. The van der Waals surface area contributed by atoms with Gasteiger partial charge in [-0.15, -0.1) is 0 Å². The maximum atomic E-state index is 11.3. The van der Waals surface area contributed by atoms with Crippen molar-refractivity contribution in [3.8, 4) is 0 Å². The molecule has 0 radical (unpaired) electrons. The zero-order valence-electron chi connectivity index (χ0n) is 7.96. The summed E-state index contributed by atoms with van der Waals surface area (Å²) in [6.07, 6.45) is 4.17. The largest absolute Gasteiger partial charge is 0.241 e. The molecule has 4 heteroatoms. The van der Waals surface area contributed by atoms with Crippen LogP contribution in [0, 0.1) is 0 Å². The molecule has 1 aliphatic rings. The first-order valence-corrected chi connectivity index (χ1v) is 6.36. The van der Waals surface area contributed by atoms with E-state index in [-0.39, 0.29) is 0 Å². The Labute approximate surface area is 83.7 Å². The van der Waals surface area contributed by atoms with Crippen molar-refractivity contribution in [2.24, 2.45) is 0 Å². The summed E-state index contributed by atoms with van der Waals surface area (Å²) in [6, 6.07) is 0. The number of allylic oxidation sites excluding steroid dienone is 3. The predicted octanol–water partition coefficient (Wildman–Crippen LogP) is 2.61. The van der Waals surface area contributed by atoms with Crippen molar-refractivity contribution < 1.29 is 8.42 Å². The van der Waals surface area contributed by atoms with E-state index in [1.54, 1.807) is 13.0 Å². The van der Waals surface area contributed by atoms with Gasteiger partial charge < -0.3 is 0 Å². The molecule has 1 aliphatic carbocycles. The van der Waals surface area contributed by atoms with Crippen LogP contribution in [0.2, 0.25) is 0 Å². The molecule has 74 valence electrons. The molecule has 0 aromatic heterocycles. The summed E-state index contributed by atoms with van der Waals surface area (Å²) in [5.41, 5.74) is 2.00. The smallest absolute Gasteiger partial charge is 0.211 e. The Morgan fingerprint density at radius 2 is 2.00 bits per heavy atom. The number of rotatable bonds is 1. The van der Waals surface area contributed by atoms with Gasteiger partial charge in [0.05, 0.1) is 0 Å². The monoisotopic (exact) mass is 220 g/mol. The molecule has 0 saturated heterocycles. The summed E-state index contributed by atoms with van der Waals surface area (Å²) >= 11 is 0. The van der Waals surface area contributed by atoms with Crippen LogP contribution in [0.1, 0.15) is 27.2 Å². The van der Waals surface area contributed by atoms with E-state index in [2.05, 4.69) is 0 Å². The van der Waals surface area contributed by atoms with Crippen LogP contribution in [0.25, 0.3) is 0 Å². The average molecular weight is 221 g/mol. The van der Waals surface area contributed by atoms with E-state index >= 15 is 0 Å². The van der Waals surface area contributed by atoms with Crippen LogP contribution in [0.5, 0.6) is 0 Å². The second kappa shape index (κ2) is 3.14. The molecule has 0 saturated carbocycles. The minimum absolute atomic E-state index is 0.482. The van der Waals surface area contributed by atoms with Crippen molar-refractivity contribution in [3.63, 3.8) is 0 Å². The third-order valence-electron chi connectivity index (χ3n) is 2.19. The SMILES string of the molecule is CC1=CC(C)(S(=O)(=O)Cl)CC(C)=C1. The molecule has 1 unspecified atom stereocenters. The lowest BCUT2D eigenvalue weighted by molar-refractivity contribution is 0.573. The first-order valence-electron chi connectivity index (χ1n) is 4.05. The van der Waals surface area contributed by atoms with Gasteiger partial charge in [-0.3, -0.25) is 0 Å². The Kier molecular flexibility index (Phi) is 2.61. The Morgan fingerprint density at radius 1 is 1.46 bits per heavy atom. The van der Waals surface area contributed by atoms with Gasteiger partial charge in [0.1, 0.15) is 4.75 Å². The topological polar surface area (TPSA) is 34.1 Å². The third-order valence-corrected chi connectivity index (χ3v) is 4.63. The minimum atomic E-state index is -3.54. The van der Waals surface area contributed by atoms with Crippen LogP contribution < -0.4 is 0 Å². The lowest BCUT2D eigenvalue weighted by Crippen LogP contribution is -2.31. The number of halogens is 1. The number of hydrogen-bond donors (Lipinski definition) is 0. The molecule has 0 aliphatic heterocycles. The lowest BCUT2D eigenvalue weighted by atomic mass is 9.92. The summed E-state index contributed by atoms with van der Waals surface area (Å²) in [4.78, 5) is 0. The Balaban J connectivity index is 3.19. The summed E-state index contributed by atoms with van der Waals surface area (Å²) in [7, 11) is 1.85. The average Bonchev–Trinajstić information content (AvgIpc) is 1.79. The zero-order chi connectivity index (χ0) is 10.3. The van der Waals surface area contributed by atoms with Crippen LogP contribution in [-0.4, -0.2) is 13.2 Å². The second-order valence-electron chi connectivity index (χ2n) is 3.81. The molecular formula is C9H13ClO2S. The van der Waals surface area contributed by atoms with Crippen molar-refractivity contribution in [1.29, 1.82) is 0 Å². The second-order valence-corrected chi connectivity index (χ2v) is 6.83.